The largest absolute Gasteiger partial charge is 0.493 e. The smallest absolute Gasteiger partial charge is 0.251 e. The van der Waals surface area contributed by atoms with Crippen LogP contribution in [-0.2, 0) is 11.2 Å². The van der Waals surface area contributed by atoms with Gasteiger partial charge in [0.25, 0.3) is 5.91 Å². The average molecular weight is 340 g/mol. The number of benzene rings is 2. The van der Waals surface area contributed by atoms with E-state index in [0.29, 0.717) is 43.1 Å². The molecule has 0 fully saturated rings. The number of anilines is 1. The molecule has 6 nitrogen and oxygen atoms in total. The molecule has 2 aromatic rings. The maximum Gasteiger partial charge on any atom is 0.251 e. The molecule has 0 saturated carbocycles. The standard InChI is InChI=1S/C19H20N2O4/c1-24-16-4-2-3-5-17(16)25-11-10-20-19(23)14-6-8-15-13(12-14)7-9-18(22)21-15/h2-6,8,12H,7,9-11H2,1H3,(H,20,23)(H,21,22). The third-order valence-corrected chi connectivity index (χ3v) is 3.98. The van der Waals surface area contributed by atoms with Gasteiger partial charge in [0.15, 0.2) is 11.5 Å². The first-order valence-corrected chi connectivity index (χ1v) is 8.14. The number of rotatable bonds is 6. The molecular formula is C19H20N2O4. The van der Waals surface area contributed by atoms with Gasteiger partial charge in [0.1, 0.15) is 6.61 Å². The lowest BCUT2D eigenvalue weighted by atomic mass is 10.00. The predicted octanol–water partition coefficient (Wildman–Crippen LogP) is 2.39. The van der Waals surface area contributed by atoms with E-state index in [9.17, 15) is 9.59 Å². The zero-order valence-corrected chi connectivity index (χ0v) is 14.0. The Balaban J connectivity index is 1.52. The SMILES string of the molecule is COc1ccccc1OCCNC(=O)c1ccc2c(c1)CCC(=O)N2. The van der Waals surface area contributed by atoms with Crippen molar-refractivity contribution in [3.8, 4) is 11.5 Å². The minimum absolute atomic E-state index is 0.0122. The molecule has 25 heavy (non-hydrogen) atoms. The average Bonchev–Trinajstić information content (AvgIpc) is 2.64. The molecule has 2 N–H and O–H groups in total. The first kappa shape index (κ1) is 16.8. The lowest BCUT2D eigenvalue weighted by molar-refractivity contribution is -0.116. The monoisotopic (exact) mass is 340 g/mol. The number of fused-ring (bicyclic) bond motifs is 1. The first-order valence-electron chi connectivity index (χ1n) is 8.14. The van der Waals surface area contributed by atoms with Crippen molar-refractivity contribution in [2.24, 2.45) is 0 Å². The van der Waals surface area contributed by atoms with Gasteiger partial charge in [-0.25, -0.2) is 0 Å². The molecule has 0 bridgehead atoms. The zero-order chi connectivity index (χ0) is 17.6. The summed E-state index contributed by atoms with van der Waals surface area (Å²) < 4.78 is 10.8. The molecule has 6 heteroatoms. The van der Waals surface area contributed by atoms with Gasteiger partial charge in [-0.2, -0.15) is 0 Å². The van der Waals surface area contributed by atoms with E-state index in [1.165, 1.54) is 0 Å². The fourth-order valence-electron chi connectivity index (χ4n) is 2.69. The Morgan fingerprint density at radius 2 is 1.96 bits per heavy atom. The van der Waals surface area contributed by atoms with Gasteiger partial charge in [-0.1, -0.05) is 12.1 Å². The lowest BCUT2D eigenvalue weighted by Gasteiger charge is -2.17. The van der Waals surface area contributed by atoms with E-state index in [1.807, 2.05) is 30.3 Å². The molecule has 1 aliphatic heterocycles. The molecule has 0 spiro atoms. The fraction of sp³-hybridized carbons (Fsp3) is 0.263. The van der Waals surface area contributed by atoms with Crippen molar-refractivity contribution in [2.45, 2.75) is 12.8 Å². The van der Waals surface area contributed by atoms with Crippen molar-refractivity contribution in [3.63, 3.8) is 0 Å². The highest BCUT2D eigenvalue weighted by molar-refractivity contribution is 5.97. The van der Waals surface area contributed by atoms with E-state index >= 15 is 0 Å². The number of carbonyl (C=O) groups is 2. The third-order valence-electron chi connectivity index (χ3n) is 3.98. The van der Waals surface area contributed by atoms with Gasteiger partial charge in [0.05, 0.1) is 13.7 Å². The molecule has 0 saturated heterocycles. The second-order valence-corrected chi connectivity index (χ2v) is 5.68. The highest BCUT2D eigenvalue weighted by atomic mass is 16.5. The van der Waals surface area contributed by atoms with Crippen LogP contribution in [0.5, 0.6) is 11.5 Å². The Bertz CT molecular complexity index is 789. The van der Waals surface area contributed by atoms with Gasteiger partial charge in [-0.3, -0.25) is 9.59 Å². The molecular weight excluding hydrogens is 320 g/mol. The van der Waals surface area contributed by atoms with E-state index in [1.54, 1.807) is 19.2 Å². The summed E-state index contributed by atoms with van der Waals surface area (Å²) in [5, 5.41) is 5.63. The van der Waals surface area contributed by atoms with Crippen LogP contribution < -0.4 is 20.1 Å². The third kappa shape index (κ3) is 4.09. The van der Waals surface area contributed by atoms with Crippen molar-refractivity contribution in [1.82, 2.24) is 5.32 Å². The van der Waals surface area contributed by atoms with Crippen LogP contribution >= 0.6 is 0 Å². The number of carbonyl (C=O) groups excluding carboxylic acids is 2. The van der Waals surface area contributed by atoms with Crippen LogP contribution in [-0.4, -0.2) is 32.1 Å². The quantitative estimate of drug-likeness (QED) is 0.792. The minimum atomic E-state index is -0.164. The Morgan fingerprint density at radius 1 is 1.16 bits per heavy atom. The van der Waals surface area contributed by atoms with Crippen LogP contribution in [0.15, 0.2) is 42.5 Å². The number of amides is 2. The zero-order valence-electron chi connectivity index (χ0n) is 14.0. The van der Waals surface area contributed by atoms with Crippen LogP contribution in [0, 0.1) is 0 Å². The summed E-state index contributed by atoms with van der Waals surface area (Å²) >= 11 is 0. The van der Waals surface area contributed by atoms with Crippen molar-refractivity contribution in [3.05, 3.63) is 53.6 Å². The highest BCUT2D eigenvalue weighted by Crippen LogP contribution is 2.25. The molecule has 0 radical (unpaired) electrons. The van der Waals surface area contributed by atoms with Crippen molar-refractivity contribution in [1.29, 1.82) is 0 Å². The second kappa shape index (κ2) is 7.70. The summed E-state index contributed by atoms with van der Waals surface area (Å²) in [5.74, 6) is 1.15. The number of ether oxygens (including phenoxy) is 2. The fourth-order valence-corrected chi connectivity index (χ4v) is 2.69. The Kier molecular flexibility index (Phi) is 5.18. The molecule has 0 unspecified atom stereocenters. The Morgan fingerprint density at radius 3 is 2.76 bits per heavy atom. The molecule has 2 aromatic carbocycles. The van der Waals surface area contributed by atoms with E-state index in [4.69, 9.17) is 9.47 Å². The van der Waals surface area contributed by atoms with E-state index < -0.39 is 0 Å². The summed E-state index contributed by atoms with van der Waals surface area (Å²) in [7, 11) is 1.59. The van der Waals surface area contributed by atoms with Crippen molar-refractivity contribution in [2.75, 3.05) is 25.6 Å². The second-order valence-electron chi connectivity index (χ2n) is 5.68. The topological polar surface area (TPSA) is 76.7 Å². The van der Waals surface area contributed by atoms with Gasteiger partial charge in [0, 0.05) is 17.7 Å². The number of hydrogen-bond donors (Lipinski definition) is 2. The summed E-state index contributed by atoms with van der Waals surface area (Å²) in [4.78, 5) is 23.6. The molecule has 1 heterocycles. The van der Waals surface area contributed by atoms with Crippen LogP contribution in [0.1, 0.15) is 22.3 Å². The van der Waals surface area contributed by atoms with Gasteiger partial charge < -0.3 is 20.1 Å². The van der Waals surface area contributed by atoms with E-state index in [-0.39, 0.29) is 11.8 Å². The molecule has 2 amide bonds. The van der Waals surface area contributed by atoms with Crippen LogP contribution in [0.4, 0.5) is 5.69 Å². The van der Waals surface area contributed by atoms with Gasteiger partial charge in [-0.05, 0) is 42.3 Å². The maximum absolute atomic E-state index is 12.3. The summed E-state index contributed by atoms with van der Waals surface area (Å²) in [6.45, 7) is 0.720. The Labute approximate surface area is 146 Å². The van der Waals surface area contributed by atoms with E-state index in [2.05, 4.69) is 10.6 Å². The molecule has 0 atom stereocenters. The molecule has 1 aliphatic rings. The number of hydrogen-bond acceptors (Lipinski definition) is 4. The summed E-state index contributed by atoms with van der Waals surface area (Å²) in [5.41, 5.74) is 2.34. The van der Waals surface area contributed by atoms with Crippen LogP contribution in [0.2, 0.25) is 0 Å². The molecule has 3 rings (SSSR count). The number of para-hydroxylation sites is 2. The normalized spacial score (nSPS) is 12.8. The lowest BCUT2D eigenvalue weighted by Crippen LogP contribution is -2.28. The van der Waals surface area contributed by atoms with Crippen LogP contribution in [0.3, 0.4) is 0 Å². The van der Waals surface area contributed by atoms with Gasteiger partial charge >= 0.3 is 0 Å². The van der Waals surface area contributed by atoms with Gasteiger partial charge in [0.2, 0.25) is 5.91 Å². The number of nitrogens with one attached hydrogen (secondary N) is 2. The summed E-state index contributed by atoms with van der Waals surface area (Å²) in [6.07, 6.45) is 1.10. The molecule has 130 valence electrons. The summed E-state index contributed by atoms with van der Waals surface area (Å²) in [6, 6.07) is 12.7. The number of methoxy groups -OCH3 is 1. The van der Waals surface area contributed by atoms with Crippen molar-refractivity contribution < 1.29 is 19.1 Å². The predicted molar refractivity (Wildman–Crippen MR) is 94.2 cm³/mol. The van der Waals surface area contributed by atoms with Crippen LogP contribution in [0.25, 0.3) is 0 Å². The van der Waals surface area contributed by atoms with E-state index in [0.717, 1.165) is 11.3 Å². The highest BCUT2D eigenvalue weighted by Gasteiger charge is 2.16. The Hall–Kier alpha value is -3.02. The molecule has 0 aliphatic carbocycles. The first-order chi connectivity index (χ1) is 12.2. The number of aryl methyl sites for hydroxylation is 1. The van der Waals surface area contributed by atoms with Gasteiger partial charge in [-0.15, -0.1) is 0 Å². The molecule has 0 aromatic heterocycles. The minimum Gasteiger partial charge on any atom is -0.493 e. The van der Waals surface area contributed by atoms with Crippen molar-refractivity contribution >= 4 is 17.5 Å². The maximum atomic E-state index is 12.3.